The van der Waals surface area contributed by atoms with Crippen LogP contribution >= 0.6 is 0 Å². The predicted octanol–water partition coefficient (Wildman–Crippen LogP) is 3.38. The minimum atomic E-state index is -4.49. The molecule has 0 bridgehead atoms. The second-order valence-corrected chi connectivity index (χ2v) is 10.1. The minimum absolute atomic E-state index is 0.121. The van der Waals surface area contributed by atoms with Crippen molar-refractivity contribution >= 4 is 10.0 Å². The van der Waals surface area contributed by atoms with E-state index in [-0.39, 0.29) is 17.0 Å². The van der Waals surface area contributed by atoms with E-state index in [4.69, 9.17) is 9.47 Å². The zero-order valence-corrected chi connectivity index (χ0v) is 18.6. The Hall–Kier alpha value is -1.20. The van der Waals surface area contributed by atoms with Crippen molar-refractivity contribution in [1.29, 1.82) is 0 Å². The highest BCUT2D eigenvalue weighted by Gasteiger charge is 2.34. The average Bonchev–Trinajstić information content (AvgIpc) is 2.77. The molecule has 1 aromatic carbocycles. The van der Waals surface area contributed by atoms with E-state index in [0.29, 0.717) is 19.4 Å². The number of rotatable bonds is 8. The van der Waals surface area contributed by atoms with E-state index < -0.39 is 21.8 Å². The van der Waals surface area contributed by atoms with Crippen LogP contribution < -0.4 is 0 Å². The van der Waals surface area contributed by atoms with Crippen molar-refractivity contribution in [3.8, 4) is 0 Å². The average molecular weight is 465 g/mol. The molecule has 0 radical (unpaired) electrons. The Kier molecular flexibility index (Phi) is 8.37. The third-order valence-corrected chi connectivity index (χ3v) is 8.02. The maximum absolute atomic E-state index is 12.8. The van der Waals surface area contributed by atoms with Crippen molar-refractivity contribution in [1.82, 2.24) is 9.21 Å². The van der Waals surface area contributed by atoms with E-state index in [9.17, 15) is 21.6 Å². The molecule has 0 aromatic heterocycles. The van der Waals surface area contributed by atoms with Crippen LogP contribution in [0.1, 0.15) is 37.7 Å². The van der Waals surface area contributed by atoms with Gasteiger partial charge in [-0.15, -0.1) is 0 Å². The first-order chi connectivity index (χ1) is 14.7. The van der Waals surface area contributed by atoms with Gasteiger partial charge in [0.05, 0.1) is 29.8 Å². The van der Waals surface area contributed by atoms with Crippen LogP contribution in [0.2, 0.25) is 0 Å². The molecule has 1 heterocycles. The minimum Gasteiger partial charge on any atom is -0.379 e. The summed E-state index contributed by atoms with van der Waals surface area (Å²) in [5.41, 5.74) is -0.861. The Morgan fingerprint density at radius 2 is 1.71 bits per heavy atom. The van der Waals surface area contributed by atoms with Gasteiger partial charge in [0.1, 0.15) is 0 Å². The van der Waals surface area contributed by atoms with E-state index in [1.807, 2.05) is 0 Å². The second-order valence-electron chi connectivity index (χ2n) is 8.15. The van der Waals surface area contributed by atoms with Crippen molar-refractivity contribution in [3.63, 3.8) is 0 Å². The van der Waals surface area contributed by atoms with E-state index in [1.54, 1.807) is 0 Å². The van der Waals surface area contributed by atoms with Gasteiger partial charge in [-0.2, -0.15) is 17.5 Å². The van der Waals surface area contributed by atoms with Crippen LogP contribution in [0.3, 0.4) is 0 Å². The molecule has 31 heavy (non-hydrogen) atoms. The van der Waals surface area contributed by atoms with Gasteiger partial charge in [-0.25, -0.2) is 8.42 Å². The number of hydrogen-bond acceptors (Lipinski definition) is 5. The van der Waals surface area contributed by atoms with Crippen LogP contribution in [0, 0.1) is 0 Å². The maximum Gasteiger partial charge on any atom is 0.416 e. The Morgan fingerprint density at radius 1 is 1.10 bits per heavy atom. The largest absolute Gasteiger partial charge is 0.416 e. The zero-order valence-electron chi connectivity index (χ0n) is 17.8. The van der Waals surface area contributed by atoms with Gasteiger partial charge in [0, 0.05) is 39.3 Å². The summed E-state index contributed by atoms with van der Waals surface area (Å²) in [5.74, 6) is 0. The van der Waals surface area contributed by atoms with E-state index in [0.717, 1.165) is 76.4 Å². The number of morpholine rings is 1. The van der Waals surface area contributed by atoms with Crippen molar-refractivity contribution < 1.29 is 31.1 Å². The first-order valence-electron chi connectivity index (χ1n) is 10.7. The number of hydrogen-bond donors (Lipinski definition) is 0. The van der Waals surface area contributed by atoms with Crippen LogP contribution in [-0.4, -0.2) is 76.3 Å². The number of benzene rings is 1. The predicted molar refractivity (Wildman–Crippen MR) is 110 cm³/mol. The van der Waals surface area contributed by atoms with Crippen LogP contribution in [0.15, 0.2) is 29.2 Å². The summed E-state index contributed by atoms with van der Waals surface area (Å²) in [5, 5.41) is 0. The lowest BCUT2D eigenvalue weighted by Crippen LogP contribution is -2.41. The van der Waals surface area contributed by atoms with Gasteiger partial charge in [-0.05, 0) is 56.4 Å². The van der Waals surface area contributed by atoms with Crippen LogP contribution in [0.4, 0.5) is 13.2 Å². The van der Waals surface area contributed by atoms with Gasteiger partial charge in [-0.3, -0.25) is 4.90 Å². The van der Waals surface area contributed by atoms with Crippen molar-refractivity contribution in [2.45, 2.75) is 55.3 Å². The highest BCUT2D eigenvalue weighted by molar-refractivity contribution is 7.89. The summed E-state index contributed by atoms with van der Waals surface area (Å²) >= 11 is 0. The molecular formula is C21H31F3N2O4S. The quantitative estimate of drug-likeness (QED) is 0.552. The highest BCUT2D eigenvalue weighted by atomic mass is 32.2. The number of nitrogens with zero attached hydrogens (tertiary/aromatic N) is 2. The third-order valence-electron chi connectivity index (χ3n) is 6.09. The van der Waals surface area contributed by atoms with Crippen molar-refractivity contribution in [2.75, 3.05) is 46.5 Å². The Balaban J connectivity index is 1.44. The van der Waals surface area contributed by atoms with E-state index in [2.05, 4.69) is 4.90 Å². The Bertz CT molecular complexity index is 788. The topological polar surface area (TPSA) is 59.1 Å². The summed E-state index contributed by atoms with van der Waals surface area (Å²) in [4.78, 5) is 2.25. The van der Waals surface area contributed by atoms with Gasteiger partial charge in [0.2, 0.25) is 10.0 Å². The molecule has 2 fully saturated rings. The lowest BCUT2D eigenvalue weighted by atomic mass is 9.93. The Morgan fingerprint density at radius 3 is 2.29 bits per heavy atom. The number of alkyl halides is 3. The smallest absolute Gasteiger partial charge is 0.379 e. The fraction of sp³-hybridized carbons (Fsp3) is 0.714. The summed E-state index contributed by atoms with van der Waals surface area (Å²) < 4.78 is 76.5. The van der Waals surface area contributed by atoms with Crippen molar-refractivity contribution in [3.05, 3.63) is 29.8 Å². The molecule has 2 aliphatic rings. The normalized spacial score (nSPS) is 23.9. The first-order valence-corrected chi connectivity index (χ1v) is 12.2. The summed E-state index contributed by atoms with van der Waals surface area (Å²) in [6.07, 6.45) is -0.515. The molecule has 6 nitrogen and oxygen atoms in total. The molecular weight excluding hydrogens is 433 g/mol. The standard InChI is InChI=1S/C21H31F3N2O4S/c1-25(31(27,28)20-9-3-17(4-10-20)21(22,23)24)18-5-7-19(8-6-18)30-14-2-11-26-12-15-29-16-13-26/h3-4,9-10,18-19H,2,5-8,11-16H2,1H3. The van der Waals surface area contributed by atoms with Crippen LogP contribution in [-0.2, 0) is 25.7 Å². The molecule has 1 aliphatic heterocycles. The van der Waals surface area contributed by atoms with Gasteiger partial charge in [0.25, 0.3) is 0 Å². The molecule has 176 valence electrons. The summed E-state index contributed by atoms with van der Waals surface area (Å²) in [6, 6.07) is 3.49. The molecule has 10 heteroatoms. The summed E-state index contributed by atoms with van der Waals surface area (Å²) in [7, 11) is -2.34. The van der Waals surface area contributed by atoms with Gasteiger partial charge in [-0.1, -0.05) is 0 Å². The molecule has 1 saturated carbocycles. The SMILES string of the molecule is CN(C1CCC(OCCCN2CCOCC2)CC1)S(=O)(=O)c1ccc(C(F)(F)F)cc1. The molecule has 0 spiro atoms. The monoisotopic (exact) mass is 464 g/mol. The lowest BCUT2D eigenvalue weighted by molar-refractivity contribution is -0.137. The molecule has 1 saturated heterocycles. The number of halogens is 3. The molecule has 1 aromatic rings. The highest BCUT2D eigenvalue weighted by Crippen LogP contribution is 2.32. The maximum atomic E-state index is 12.8. The molecule has 0 amide bonds. The first kappa shape index (κ1) is 24.4. The lowest BCUT2D eigenvalue weighted by Gasteiger charge is -2.34. The molecule has 0 unspecified atom stereocenters. The summed E-state index contributed by atoms with van der Waals surface area (Å²) in [6.45, 7) is 5.18. The fourth-order valence-corrected chi connectivity index (χ4v) is 5.53. The van der Waals surface area contributed by atoms with E-state index in [1.165, 1.54) is 11.4 Å². The second kappa shape index (κ2) is 10.6. The van der Waals surface area contributed by atoms with Crippen LogP contribution in [0.5, 0.6) is 0 Å². The van der Waals surface area contributed by atoms with Gasteiger partial charge >= 0.3 is 6.18 Å². The van der Waals surface area contributed by atoms with Gasteiger partial charge in [0.15, 0.2) is 0 Å². The fourth-order valence-electron chi connectivity index (χ4n) is 4.12. The van der Waals surface area contributed by atoms with Gasteiger partial charge < -0.3 is 9.47 Å². The van der Waals surface area contributed by atoms with Crippen molar-refractivity contribution in [2.24, 2.45) is 0 Å². The third kappa shape index (κ3) is 6.64. The number of sulfonamides is 1. The zero-order chi connectivity index (χ0) is 22.5. The molecule has 0 atom stereocenters. The molecule has 3 rings (SSSR count). The van der Waals surface area contributed by atoms with Crippen LogP contribution in [0.25, 0.3) is 0 Å². The number of ether oxygens (including phenoxy) is 2. The molecule has 1 aliphatic carbocycles. The Labute approximate surface area is 182 Å². The van der Waals surface area contributed by atoms with E-state index >= 15 is 0 Å². The molecule has 0 N–H and O–H groups in total.